The molecule has 0 spiro atoms. The minimum Gasteiger partial charge on any atom is -0.293 e. The third-order valence-corrected chi connectivity index (χ3v) is 11.7. The molecule has 7 aromatic carbocycles. The van der Waals surface area contributed by atoms with Gasteiger partial charge in [-0.2, -0.15) is 15.0 Å². The fraction of sp³-hybridized carbons (Fsp3) is 0. The first-order valence-corrected chi connectivity index (χ1v) is 19.2. The lowest BCUT2D eigenvalue weighted by atomic mass is 10.0. The second kappa shape index (κ2) is 11.3. The summed E-state index contributed by atoms with van der Waals surface area (Å²) in [5.74, 6) is 1.73. The Morgan fingerprint density at radius 2 is 0.789 bits per heavy atom. The van der Waals surface area contributed by atoms with Crippen molar-refractivity contribution in [3.8, 4) is 34.4 Å². The van der Waals surface area contributed by atoms with Crippen LogP contribution in [-0.4, -0.2) is 33.5 Å². The smallest absolute Gasteiger partial charge is 0.240 e. The van der Waals surface area contributed by atoms with Crippen LogP contribution in [0.4, 0.5) is 0 Å². The average molecular weight is 728 g/mol. The van der Waals surface area contributed by atoms with Crippen LogP contribution in [0.15, 0.2) is 176 Å². The molecule has 0 unspecified atom stereocenters. The lowest BCUT2D eigenvalue weighted by Gasteiger charge is -2.13. The molecule has 6 heterocycles. The second-order valence-corrected chi connectivity index (χ2v) is 14.7. The summed E-state index contributed by atoms with van der Waals surface area (Å²) in [7, 11) is 0. The van der Waals surface area contributed by atoms with Gasteiger partial charge in [0.15, 0.2) is 5.82 Å². The molecule has 57 heavy (non-hydrogen) atoms. The lowest BCUT2D eigenvalue weighted by Crippen LogP contribution is -2.10. The van der Waals surface area contributed by atoms with E-state index in [1.165, 1.54) is 27.1 Å². The van der Waals surface area contributed by atoms with Gasteiger partial charge in [-0.3, -0.25) is 13.5 Å². The van der Waals surface area contributed by atoms with Crippen LogP contribution in [0, 0.1) is 0 Å². The maximum absolute atomic E-state index is 5.29. The van der Waals surface area contributed by atoms with Crippen LogP contribution in [-0.2, 0) is 0 Å². The van der Waals surface area contributed by atoms with Crippen molar-refractivity contribution < 1.29 is 0 Å². The normalized spacial score (nSPS) is 12.2. The molecule has 13 rings (SSSR count). The summed E-state index contributed by atoms with van der Waals surface area (Å²) in [6.45, 7) is 0. The number of benzene rings is 7. The van der Waals surface area contributed by atoms with E-state index in [1.807, 2.05) is 12.3 Å². The van der Waals surface area contributed by atoms with Gasteiger partial charge in [-0.15, -0.1) is 0 Å². The Morgan fingerprint density at radius 3 is 1.37 bits per heavy atom. The summed E-state index contributed by atoms with van der Waals surface area (Å²) in [6, 6.07) is 59.9. The van der Waals surface area contributed by atoms with E-state index in [1.54, 1.807) is 0 Å². The van der Waals surface area contributed by atoms with E-state index < -0.39 is 0 Å². The molecule has 0 bridgehead atoms. The quantitative estimate of drug-likeness (QED) is 0.181. The van der Waals surface area contributed by atoms with E-state index in [-0.39, 0.29) is 0 Å². The van der Waals surface area contributed by atoms with Crippen LogP contribution in [0.2, 0.25) is 0 Å². The monoisotopic (exact) mass is 727 g/mol. The zero-order valence-corrected chi connectivity index (χ0v) is 30.4. The molecular weight excluding hydrogens is 699 g/mol. The molecule has 0 saturated heterocycles. The average Bonchev–Trinajstić information content (AvgIpc) is 4.01. The maximum Gasteiger partial charge on any atom is 0.240 e. The van der Waals surface area contributed by atoms with E-state index in [2.05, 4.69) is 177 Å². The van der Waals surface area contributed by atoms with Gasteiger partial charge in [-0.25, -0.2) is 4.98 Å². The molecule has 0 radical (unpaired) electrons. The number of fused-ring (bicyclic) bond motifs is 12. The van der Waals surface area contributed by atoms with E-state index in [9.17, 15) is 0 Å². The molecule has 0 aliphatic rings. The van der Waals surface area contributed by atoms with Crippen molar-refractivity contribution in [3.63, 3.8) is 0 Å². The van der Waals surface area contributed by atoms with Gasteiger partial charge < -0.3 is 0 Å². The van der Waals surface area contributed by atoms with Gasteiger partial charge in [0.2, 0.25) is 11.9 Å². The van der Waals surface area contributed by atoms with Gasteiger partial charge in [0, 0.05) is 54.9 Å². The van der Waals surface area contributed by atoms with Crippen LogP contribution in [0.1, 0.15) is 0 Å². The third kappa shape index (κ3) is 4.20. The van der Waals surface area contributed by atoms with Crippen LogP contribution < -0.4 is 0 Å². The molecule has 0 aliphatic carbocycles. The van der Waals surface area contributed by atoms with Crippen molar-refractivity contribution >= 4 is 81.8 Å². The number of rotatable bonds is 4. The van der Waals surface area contributed by atoms with Gasteiger partial charge in [-0.05, 0) is 53.6 Å². The number of aromatic nitrogens is 7. The minimum absolute atomic E-state index is 0.565. The van der Waals surface area contributed by atoms with E-state index >= 15 is 0 Å². The number of nitrogens with zero attached hydrogens (tertiary/aromatic N) is 7. The molecule has 0 N–H and O–H groups in total. The largest absolute Gasteiger partial charge is 0.293 e. The zero-order valence-electron chi connectivity index (χ0n) is 30.4. The molecule has 0 aliphatic heterocycles. The zero-order chi connectivity index (χ0) is 37.2. The highest BCUT2D eigenvalue weighted by Crippen LogP contribution is 2.40. The molecule has 7 heteroatoms. The Hall–Kier alpha value is -7.90. The van der Waals surface area contributed by atoms with Crippen LogP contribution in [0.5, 0.6) is 0 Å². The molecular formula is C50H29N7. The molecule has 7 nitrogen and oxygen atoms in total. The lowest BCUT2D eigenvalue weighted by molar-refractivity contribution is 0.893. The van der Waals surface area contributed by atoms with Crippen molar-refractivity contribution in [1.29, 1.82) is 0 Å². The molecule has 0 saturated carbocycles. The molecule has 0 fully saturated rings. The van der Waals surface area contributed by atoms with Gasteiger partial charge in [0.05, 0.1) is 33.1 Å². The van der Waals surface area contributed by atoms with Crippen molar-refractivity contribution in [3.05, 3.63) is 176 Å². The van der Waals surface area contributed by atoms with Crippen molar-refractivity contribution in [2.24, 2.45) is 0 Å². The highest BCUT2D eigenvalue weighted by molar-refractivity contribution is 6.23. The summed E-state index contributed by atoms with van der Waals surface area (Å²) in [5.41, 5.74) is 10.7. The van der Waals surface area contributed by atoms with Crippen molar-refractivity contribution in [1.82, 2.24) is 33.5 Å². The summed E-state index contributed by atoms with van der Waals surface area (Å²) in [6.07, 6.45) is 1.88. The van der Waals surface area contributed by atoms with Crippen LogP contribution >= 0.6 is 0 Å². The van der Waals surface area contributed by atoms with E-state index in [0.29, 0.717) is 17.7 Å². The maximum atomic E-state index is 5.29. The predicted octanol–water partition coefficient (Wildman–Crippen LogP) is 11.9. The van der Waals surface area contributed by atoms with Crippen molar-refractivity contribution in [2.75, 3.05) is 0 Å². The molecule has 6 aromatic heterocycles. The Bertz CT molecular complexity index is 3520. The highest BCUT2D eigenvalue weighted by Gasteiger charge is 2.21. The number of hydrogen-bond acceptors (Lipinski definition) is 4. The summed E-state index contributed by atoms with van der Waals surface area (Å²) in [5, 5.41) is 9.49. The van der Waals surface area contributed by atoms with Gasteiger partial charge in [0.1, 0.15) is 5.65 Å². The minimum atomic E-state index is 0.565. The molecule has 0 amide bonds. The second-order valence-electron chi connectivity index (χ2n) is 14.7. The third-order valence-electron chi connectivity index (χ3n) is 11.7. The Labute approximate surface area is 324 Å². The fourth-order valence-electron chi connectivity index (χ4n) is 9.24. The van der Waals surface area contributed by atoms with E-state index in [0.717, 1.165) is 71.5 Å². The number of pyridine rings is 1. The van der Waals surface area contributed by atoms with Crippen molar-refractivity contribution in [2.45, 2.75) is 0 Å². The number of para-hydroxylation sites is 5. The topological polar surface area (TPSA) is 65.8 Å². The molecule has 13 aromatic rings. The summed E-state index contributed by atoms with van der Waals surface area (Å²) < 4.78 is 6.66. The van der Waals surface area contributed by atoms with E-state index in [4.69, 9.17) is 19.9 Å². The standard InChI is InChI=1S/C50H29N7/c1-5-18-41-33(11-1)34-12-2-6-19-42(34)55(41)49-52-47(53-50(54-49)56-43-20-7-3-13-35(43)36-14-4-8-21-44(36)56)31-24-22-30(23-25-31)32-26-27-37-38-15-9-16-39-40-17-10-28-51-48(40)57(46(38)39)45(37)29-32/h1-29H. The first-order chi connectivity index (χ1) is 28.3. The first-order valence-electron chi connectivity index (χ1n) is 19.2. The predicted molar refractivity (Wildman–Crippen MR) is 232 cm³/mol. The van der Waals surface area contributed by atoms with Crippen LogP contribution in [0.25, 0.3) is 116 Å². The van der Waals surface area contributed by atoms with Gasteiger partial charge in [-0.1, -0.05) is 127 Å². The summed E-state index contributed by atoms with van der Waals surface area (Å²) >= 11 is 0. The summed E-state index contributed by atoms with van der Waals surface area (Å²) in [4.78, 5) is 20.6. The van der Waals surface area contributed by atoms with Crippen LogP contribution in [0.3, 0.4) is 0 Å². The number of hydrogen-bond donors (Lipinski definition) is 0. The fourth-order valence-corrected chi connectivity index (χ4v) is 9.24. The Balaban J connectivity index is 1.01. The molecule has 0 atom stereocenters. The van der Waals surface area contributed by atoms with Gasteiger partial charge in [0.25, 0.3) is 0 Å². The Morgan fingerprint density at radius 1 is 0.333 bits per heavy atom. The first kappa shape index (κ1) is 30.4. The van der Waals surface area contributed by atoms with Gasteiger partial charge >= 0.3 is 0 Å². The SMILES string of the molecule is c1ccc2c(c1)c1ccccc1n2-c1nc(-c2ccc(-c3ccc4c5cccc6c7cccnc7n(c4c3)c56)cc2)nc(-n2c3ccccc3c3ccccc32)n1. The Kier molecular flexibility index (Phi) is 6.04. The highest BCUT2D eigenvalue weighted by atomic mass is 15.3. The molecule has 264 valence electrons.